The van der Waals surface area contributed by atoms with Crippen molar-refractivity contribution in [2.75, 3.05) is 13.7 Å². The van der Waals surface area contributed by atoms with Crippen LogP contribution in [0.5, 0.6) is 5.75 Å². The molecule has 4 rings (SSSR count). The molecule has 0 saturated carbocycles. The smallest absolute Gasteiger partial charge is 0.261 e. The van der Waals surface area contributed by atoms with Gasteiger partial charge in [0.1, 0.15) is 23.1 Å². The highest BCUT2D eigenvalue weighted by atomic mass is 16.5. The Morgan fingerprint density at radius 2 is 2.06 bits per heavy atom. The van der Waals surface area contributed by atoms with Crippen LogP contribution in [0.2, 0.25) is 0 Å². The lowest BCUT2D eigenvalue weighted by Gasteiger charge is -2.06. The Morgan fingerprint density at radius 1 is 1.21 bits per heavy atom. The van der Waals surface area contributed by atoms with Crippen molar-refractivity contribution in [3.8, 4) is 28.8 Å². The van der Waals surface area contributed by atoms with E-state index >= 15 is 0 Å². The van der Waals surface area contributed by atoms with E-state index in [1.54, 1.807) is 30.4 Å². The van der Waals surface area contributed by atoms with Crippen LogP contribution < -0.4 is 10.1 Å². The van der Waals surface area contributed by atoms with E-state index in [2.05, 4.69) is 10.3 Å². The summed E-state index contributed by atoms with van der Waals surface area (Å²) in [6, 6.07) is 19.2. The summed E-state index contributed by atoms with van der Waals surface area (Å²) in [5.74, 6) is 0.273. The molecular weight excluding hydrogens is 428 g/mol. The standard InChI is InChI=1S/C26H24N6O2/c1-34-24-10-5-7-20(16-24)25-22(18-32(30-25)23-8-3-2-4-9-23)15-21(17-27)26(33)29-11-6-13-31-14-12-28-19-31/h2-5,7-10,12,14-16,18-19H,6,11,13H2,1H3,(H,29,33). The first-order valence-electron chi connectivity index (χ1n) is 10.8. The van der Waals surface area contributed by atoms with Crippen molar-refractivity contribution in [1.82, 2.24) is 24.6 Å². The average molecular weight is 453 g/mol. The van der Waals surface area contributed by atoms with Crippen LogP contribution >= 0.6 is 0 Å². The van der Waals surface area contributed by atoms with Gasteiger partial charge in [-0.15, -0.1) is 0 Å². The van der Waals surface area contributed by atoms with Gasteiger partial charge in [0.2, 0.25) is 0 Å². The molecule has 2 heterocycles. The fraction of sp³-hybridized carbons (Fsp3) is 0.154. The van der Waals surface area contributed by atoms with Crippen LogP contribution in [-0.4, -0.2) is 38.9 Å². The average Bonchev–Trinajstić information content (AvgIpc) is 3.56. The molecule has 0 aliphatic rings. The molecule has 0 atom stereocenters. The predicted octanol–water partition coefficient (Wildman–Crippen LogP) is 3.86. The number of methoxy groups -OCH3 is 1. The number of nitrogens with zero attached hydrogens (tertiary/aromatic N) is 5. The lowest BCUT2D eigenvalue weighted by atomic mass is 10.1. The molecular formula is C26H24N6O2. The van der Waals surface area contributed by atoms with Crippen LogP contribution in [0.1, 0.15) is 12.0 Å². The molecule has 0 radical (unpaired) electrons. The Hall–Kier alpha value is -4.64. The second-order valence-electron chi connectivity index (χ2n) is 7.52. The molecule has 0 unspecified atom stereocenters. The third kappa shape index (κ3) is 5.40. The summed E-state index contributed by atoms with van der Waals surface area (Å²) in [6.45, 7) is 1.18. The van der Waals surface area contributed by atoms with Gasteiger partial charge in [-0.25, -0.2) is 9.67 Å². The van der Waals surface area contributed by atoms with Crippen molar-refractivity contribution in [3.63, 3.8) is 0 Å². The van der Waals surface area contributed by atoms with Gasteiger partial charge in [-0.05, 0) is 36.8 Å². The molecule has 1 N–H and O–H groups in total. The quantitative estimate of drug-likeness (QED) is 0.236. The van der Waals surface area contributed by atoms with E-state index in [4.69, 9.17) is 9.84 Å². The first kappa shape index (κ1) is 22.6. The van der Waals surface area contributed by atoms with E-state index in [0.717, 1.165) is 24.2 Å². The number of aromatic nitrogens is 4. The molecule has 0 bridgehead atoms. The first-order valence-corrected chi connectivity index (χ1v) is 10.8. The first-order chi connectivity index (χ1) is 16.7. The zero-order valence-electron chi connectivity index (χ0n) is 18.8. The molecule has 2 aromatic heterocycles. The predicted molar refractivity (Wildman–Crippen MR) is 129 cm³/mol. The van der Waals surface area contributed by atoms with Crippen LogP contribution in [0.15, 0.2) is 85.1 Å². The monoisotopic (exact) mass is 452 g/mol. The number of rotatable bonds is 9. The van der Waals surface area contributed by atoms with Crippen molar-refractivity contribution in [1.29, 1.82) is 5.26 Å². The number of amides is 1. The number of nitrogens with one attached hydrogen (secondary N) is 1. The van der Waals surface area contributed by atoms with E-state index in [1.807, 2.05) is 77.6 Å². The number of benzene rings is 2. The van der Waals surface area contributed by atoms with Crippen LogP contribution in [0.25, 0.3) is 23.0 Å². The van der Waals surface area contributed by atoms with Crippen molar-refractivity contribution < 1.29 is 9.53 Å². The highest BCUT2D eigenvalue weighted by Crippen LogP contribution is 2.28. The minimum Gasteiger partial charge on any atom is -0.497 e. The number of para-hydroxylation sites is 1. The zero-order valence-corrected chi connectivity index (χ0v) is 18.8. The van der Waals surface area contributed by atoms with Crippen LogP contribution in [-0.2, 0) is 11.3 Å². The van der Waals surface area contributed by atoms with Gasteiger partial charge in [0.15, 0.2) is 0 Å². The fourth-order valence-electron chi connectivity index (χ4n) is 3.48. The number of hydrogen-bond donors (Lipinski definition) is 1. The molecule has 0 aliphatic carbocycles. The normalized spacial score (nSPS) is 11.1. The second-order valence-corrected chi connectivity index (χ2v) is 7.52. The van der Waals surface area contributed by atoms with Crippen LogP contribution in [0.3, 0.4) is 0 Å². The van der Waals surface area contributed by atoms with E-state index in [1.165, 1.54) is 0 Å². The summed E-state index contributed by atoms with van der Waals surface area (Å²) in [5, 5.41) is 17.3. The summed E-state index contributed by atoms with van der Waals surface area (Å²) >= 11 is 0. The van der Waals surface area contributed by atoms with Gasteiger partial charge in [0.25, 0.3) is 5.91 Å². The van der Waals surface area contributed by atoms with E-state index in [-0.39, 0.29) is 5.57 Å². The number of carbonyl (C=O) groups is 1. The van der Waals surface area contributed by atoms with Gasteiger partial charge < -0.3 is 14.6 Å². The Bertz CT molecular complexity index is 1320. The zero-order chi connectivity index (χ0) is 23.8. The highest BCUT2D eigenvalue weighted by molar-refractivity contribution is 6.02. The van der Waals surface area contributed by atoms with Gasteiger partial charge in [-0.1, -0.05) is 30.3 Å². The Morgan fingerprint density at radius 3 is 2.79 bits per heavy atom. The Balaban J connectivity index is 1.60. The van der Waals surface area contributed by atoms with Gasteiger partial charge in [-0.2, -0.15) is 10.4 Å². The molecule has 34 heavy (non-hydrogen) atoms. The largest absolute Gasteiger partial charge is 0.497 e. The maximum Gasteiger partial charge on any atom is 0.261 e. The number of imidazole rings is 1. The number of nitriles is 1. The van der Waals surface area contributed by atoms with Gasteiger partial charge in [0.05, 0.1) is 19.1 Å². The van der Waals surface area contributed by atoms with Crippen molar-refractivity contribution in [2.45, 2.75) is 13.0 Å². The molecule has 0 spiro atoms. The maximum absolute atomic E-state index is 12.7. The molecule has 2 aromatic carbocycles. The molecule has 170 valence electrons. The number of ether oxygens (including phenoxy) is 1. The molecule has 8 heteroatoms. The highest BCUT2D eigenvalue weighted by Gasteiger charge is 2.15. The Kier molecular flexibility index (Phi) is 7.16. The maximum atomic E-state index is 12.7. The van der Waals surface area contributed by atoms with E-state index in [0.29, 0.717) is 23.6 Å². The molecule has 1 amide bonds. The molecule has 8 nitrogen and oxygen atoms in total. The summed E-state index contributed by atoms with van der Waals surface area (Å²) in [7, 11) is 1.60. The minimum atomic E-state index is -0.419. The lowest BCUT2D eigenvalue weighted by molar-refractivity contribution is -0.117. The van der Waals surface area contributed by atoms with E-state index < -0.39 is 5.91 Å². The number of hydrogen-bond acceptors (Lipinski definition) is 5. The summed E-state index contributed by atoms with van der Waals surface area (Å²) in [5.41, 5.74) is 3.00. The SMILES string of the molecule is COc1cccc(-c2nn(-c3ccccc3)cc2C=C(C#N)C(=O)NCCCn2ccnc2)c1. The molecule has 0 aliphatic heterocycles. The van der Waals surface area contributed by atoms with Gasteiger partial charge >= 0.3 is 0 Å². The molecule has 4 aromatic rings. The number of carbonyl (C=O) groups excluding carboxylic acids is 1. The lowest BCUT2D eigenvalue weighted by Crippen LogP contribution is -2.26. The molecule has 0 fully saturated rings. The fourth-order valence-corrected chi connectivity index (χ4v) is 3.48. The third-order valence-electron chi connectivity index (χ3n) is 5.21. The number of aryl methyl sites for hydroxylation is 1. The van der Waals surface area contributed by atoms with E-state index in [9.17, 15) is 10.1 Å². The topological polar surface area (TPSA) is 97.8 Å². The van der Waals surface area contributed by atoms with Gasteiger partial charge in [-0.3, -0.25) is 4.79 Å². The Labute approximate surface area is 197 Å². The summed E-state index contributed by atoms with van der Waals surface area (Å²) < 4.78 is 9.03. The van der Waals surface area contributed by atoms with Crippen LogP contribution in [0.4, 0.5) is 0 Å². The van der Waals surface area contributed by atoms with Gasteiger partial charge in [0, 0.05) is 42.8 Å². The third-order valence-corrected chi connectivity index (χ3v) is 5.21. The minimum absolute atomic E-state index is 0.0133. The summed E-state index contributed by atoms with van der Waals surface area (Å²) in [4.78, 5) is 16.7. The second kappa shape index (κ2) is 10.8. The van der Waals surface area contributed by atoms with Crippen molar-refractivity contribution in [2.24, 2.45) is 0 Å². The van der Waals surface area contributed by atoms with Crippen LogP contribution in [0, 0.1) is 11.3 Å². The molecule has 0 saturated heterocycles. The van der Waals surface area contributed by atoms with Crippen molar-refractivity contribution in [3.05, 3.63) is 90.7 Å². The van der Waals surface area contributed by atoms with Crippen molar-refractivity contribution >= 4 is 12.0 Å². The summed E-state index contributed by atoms with van der Waals surface area (Å²) in [6.07, 6.45) is 9.42.